The van der Waals surface area contributed by atoms with Crippen LogP contribution >= 0.6 is 11.6 Å². The summed E-state index contributed by atoms with van der Waals surface area (Å²) in [7, 11) is -2.33. The molecule has 3 rings (SSSR count). The van der Waals surface area contributed by atoms with Gasteiger partial charge in [0, 0.05) is 32.7 Å². The third kappa shape index (κ3) is 5.96. The molecule has 1 aliphatic rings. The third-order valence-electron chi connectivity index (χ3n) is 4.97. The van der Waals surface area contributed by atoms with E-state index >= 15 is 0 Å². The van der Waals surface area contributed by atoms with Crippen LogP contribution in [0.25, 0.3) is 0 Å². The van der Waals surface area contributed by atoms with Crippen molar-refractivity contribution in [1.82, 2.24) is 9.21 Å². The number of hydrogen-bond donors (Lipinski definition) is 1. The van der Waals surface area contributed by atoms with E-state index in [4.69, 9.17) is 16.3 Å². The summed E-state index contributed by atoms with van der Waals surface area (Å²) < 4.78 is 37.2. The SMILES string of the molecule is COC(=O)c1ccc(OC[C@@H](O)CN2CCN(S(=O)(=O)c3ccccc3Cl)CC2)cc1. The lowest BCUT2D eigenvalue weighted by Crippen LogP contribution is -2.50. The number of methoxy groups -OCH3 is 1. The van der Waals surface area contributed by atoms with Gasteiger partial charge in [0.15, 0.2) is 0 Å². The van der Waals surface area contributed by atoms with Crippen molar-refractivity contribution in [2.45, 2.75) is 11.0 Å². The number of aliphatic hydroxyl groups is 1. The number of rotatable bonds is 8. The number of ether oxygens (including phenoxy) is 2. The van der Waals surface area contributed by atoms with Crippen molar-refractivity contribution >= 4 is 27.6 Å². The highest BCUT2D eigenvalue weighted by Gasteiger charge is 2.30. The van der Waals surface area contributed by atoms with Gasteiger partial charge < -0.3 is 14.6 Å². The Balaban J connectivity index is 1.46. The lowest BCUT2D eigenvalue weighted by molar-refractivity contribution is 0.0566. The molecular formula is C21H25ClN2O6S. The number of sulfonamides is 1. The van der Waals surface area contributed by atoms with Crippen LogP contribution in [0.5, 0.6) is 5.75 Å². The van der Waals surface area contributed by atoms with E-state index < -0.39 is 22.1 Å². The number of aliphatic hydroxyl groups excluding tert-OH is 1. The van der Waals surface area contributed by atoms with E-state index in [-0.39, 0.29) is 16.5 Å². The van der Waals surface area contributed by atoms with E-state index in [2.05, 4.69) is 4.74 Å². The number of esters is 1. The number of benzene rings is 2. The number of β-amino-alcohol motifs (C(OH)–C–C–N with tert-alkyl or cyclic N) is 1. The molecule has 1 saturated heterocycles. The number of carbonyl (C=O) groups excluding carboxylic acids is 1. The molecule has 0 spiro atoms. The predicted molar refractivity (Wildman–Crippen MR) is 116 cm³/mol. The van der Waals surface area contributed by atoms with Gasteiger partial charge in [0.05, 0.1) is 17.7 Å². The van der Waals surface area contributed by atoms with Crippen molar-refractivity contribution in [1.29, 1.82) is 0 Å². The molecule has 0 aromatic heterocycles. The zero-order valence-electron chi connectivity index (χ0n) is 17.1. The Labute approximate surface area is 187 Å². The number of carbonyl (C=O) groups is 1. The van der Waals surface area contributed by atoms with Gasteiger partial charge in [0.25, 0.3) is 0 Å². The Morgan fingerprint density at radius 1 is 1.10 bits per heavy atom. The average molecular weight is 469 g/mol. The van der Waals surface area contributed by atoms with Crippen LogP contribution in [0.2, 0.25) is 5.02 Å². The molecule has 2 aromatic carbocycles. The van der Waals surface area contributed by atoms with E-state index in [1.165, 1.54) is 17.5 Å². The molecule has 168 valence electrons. The topological polar surface area (TPSA) is 96.4 Å². The maximum Gasteiger partial charge on any atom is 0.337 e. The fourth-order valence-corrected chi connectivity index (χ4v) is 5.21. The molecular weight excluding hydrogens is 444 g/mol. The molecule has 2 aromatic rings. The van der Waals surface area contributed by atoms with E-state index in [9.17, 15) is 18.3 Å². The Kier molecular flexibility index (Phi) is 7.90. The van der Waals surface area contributed by atoms with Crippen molar-refractivity contribution in [3.05, 3.63) is 59.1 Å². The maximum atomic E-state index is 12.8. The Bertz CT molecular complexity index is 991. The van der Waals surface area contributed by atoms with Gasteiger partial charge in [0.2, 0.25) is 10.0 Å². The maximum absolute atomic E-state index is 12.8. The van der Waals surface area contributed by atoms with E-state index in [1.54, 1.807) is 42.5 Å². The summed E-state index contributed by atoms with van der Waals surface area (Å²) >= 11 is 6.06. The van der Waals surface area contributed by atoms with Gasteiger partial charge in [-0.2, -0.15) is 4.31 Å². The molecule has 1 fully saturated rings. The summed E-state index contributed by atoms with van der Waals surface area (Å²) in [5, 5.41) is 10.5. The largest absolute Gasteiger partial charge is 0.491 e. The first kappa shape index (κ1) is 23.5. The van der Waals surface area contributed by atoms with Crippen LogP contribution in [0.15, 0.2) is 53.4 Å². The molecule has 31 heavy (non-hydrogen) atoms. The van der Waals surface area contributed by atoms with Crippen LogP contribution < -0.4 is 4.74 Å². The zero-order chi connectivity index (χ0) is 22.4. The fourth-order valence-electron chi connectivity index (χ4n) is 3.29. The molecule has 0 bridgehead atoms. The molecule has 0 saturated carbocycles. The first-order valence-electron chi connectivity index (χ1n) is 9.77. The first-order valence-corrected chi connectivity index (χ1v) is 11.6. The molecule has 1 heterocycles. The zero-order valence-corrected chi connectivity index (χ0v) is 18.7. The van der Waals surface area contributed by atoms with Gasteiger partial charge in [-0.3, -0.25) is 4.90 Å². The lowest BCUT2D eigenvalue weighted by Gasteiger charge is -2.35. The second-order valence-corrected chi connectivity index (χ2v) is 9.43. The Hall–Kier alpha value is -2.17. The number of hydrogen-bond acceptors (Lipinski definition) is 7. The van der Waals surface area contributed by atoms with E-state index in [1.807, 2.05) is 4.90 Å². The van der Waals surface area contributed by atoms with Crippen LogP contribution in [0.4, 0.5) is 0 Å². The molecule has 1 aliphatic heterocycles. The summed E-state index contributed by atoms with van der Waals surface area (Å²) in [6, 6.07) is 12.9. The van der Waals surface area contributed by atoms with Gasteiger partial charge in [0.1, 0.15) is 23.4 Å². The summed E-state index contributed by atoms with van der Waals surface area (Å²) in [5.74, 6) is 0.102. The number of halogens is 1. The van der Waals surface area contributed by atoms with Gasteiger partial charge >= 0.3 is 5.97 Å². The third-order valence-corrected chi connectivity index (χ3v) is 7.37. The highest BCUT2D eigenvalue weighted by atomic mass is 35.5. The molecule has 8 nitrogen and oxygen atoms in total. The van der Waals surface area contributed by atoms with Gasteiger partial charge in [-0.25, -0.2) is 13.2 Å². The van der Waals surface area contributed by atoms with Crippen molar-refractivity contribution in [2.24, 2.45) is 0 Å². The quantitative estimate of drug-likeness (QED) is 0.591. The van der Waals surface area contributed by atoms with Gasteiger partial charge in [-0.1, -0.05) is 23.7 Å². The van der Waals surface area contributed by atoms with Crippen LogP contribution in [0, 0.1) is 0 Å². The van der Waals surface area contributed by atoms with Crippen molar-refractivity contribution in [3.8, 4) is 5.75 Å². The van der Waals surface area contributed by atoms with Gasteiger partial charge in [-0.15, -0.1) is 0 Å². The van der Waals surface area contributed by atoms with E-state index in [0.29, 0.717) is 44.0 Å². The van der Waals surface area contributed by atoms with Crippen LogP contribution in [-0.2, 0) is 14.8 Å². The molecule has 0 aliphatic carbocycles. The molecule has 0 unspecified atom stereocenters. The average Bonchev–Trinajstić information content (AvgIpc) is 2.78. The number of nitrogens with zero attached hydrogens (tertiary/aromatic N) is 2. The second-order valence-electron chi connectivity index (χ2n) is 7.12. The summed E-state index contributed by atoms with van der Waals surface area (Å²) in [6.45, 7) is 2.06. The minimum Gasteiger partial charge on any atom is -0.491 e. The highest BCUT2D eigenvalue weighted by molar-refractivity contribution is 7.89. The summed E-state index contributed by atoms with van der Waals surface area (Å²) in [6.07, 6.45) is -0.744. The first-order chi connectivity index (χ1) is 14.8. The Morgan fingerprint density at radius 3 is 2.35 bits per heavy atom. The normalized spacial score (nSPS) is 16.6. The summed E-state index contributed by atoms with van der Waals surface area (Å²) in [4.78, 5) is 13.5. The monoisotopic (exact) mass is 468 g/mol. The standard InChI is InChI=1S/C21H25ClN2O6S/c1-29-21(26)16-6-8-18(9-7-16)30-15-17(25)14-23-10-12-24(13-11-23)31(27,28)20-5-3-2-4-19(20)22/h2-9,17,25H,10-15H2,1H3/t17-/m0/s1. The molecule has 10 heteroatoms. The molecule has 1 atom stereocenters. The van der Waals surface area contributed by atoms with Crippen molar-refractivity contribution in [2.75, 3.05) is 46.4 Å². The van der Waals surface area contributed by atoms with Crippen LogP contribution in [-0.4, -0.2) is 81.2 Å². The predicted octanol–water partition coefficient (Wildman–Crippen LogP) is 1.87. The summed E-state index contributed by atoms with van der Waals surface area (Å²) in [5.41, 5.74) is 0.417. The Morgan fingerprint density at radius 2 is 1.74 bits per heavy atom. The van der Waals surface area contributed by atoms with Gasteiger partial charge in [-0.05, 0) is 36.4 Å². The van der Waals surface area contributed by atoms with Crippen LogP contribution in [0.3, 0.4) is 0 Å². The van der Waals surface area contributed by atoms with Crippen molar-refractivity contribution in [3.63, 3.8) is 0 Å². The van der Waals surface area contributed by atoms with Crippen molar-refractivity contribution < 1.29 is 27.8 Å². The molecule has 1 N–H and O–H groups in total. The molecule has 0 radical (unpaired) electrons. The number of piperazine rings is 1. The second kappa shape index (κ2) is 10.4. The van der Waals surface area contributed by atoms with E-state index in [0.717, 1.165) is 0 Å². The highest BCUT2D eigenvalue weighted by Crippen LogP contribution is 2.25. The lowest BCUT2D eigenvalue weighted by atomic mass is 10.2. The molecule has 0 amide bonds. The minimum absolute atomic E-state index is 0.0791. The fraction of sp³-hybridized carbons (Fsp3) is 0.381. The minimum atomic E-state index is -3.65. The van der Waals surface area contributed by atoms with Crippen LogP contribution in [0.1, 0.15) is 10.4 Å². The smallest absolute Gasteiger partial charge is 0.337 e.